The molecule has 8 nitrogen and oxygen atoms in total. The summed E-state index contributed by atoms with van der Waals surface area (Å²) in [4.78, 5) is 55.9. The van der Waals surface area contributed by atoms with Crippen LogP contribution in [0.25, 0.3) is 10.8 Å². The monoisotopic (exact) mass is 559 g/mol. The fraction of sp³-hybridized carbons (Fsp3) is 0.212. The Hall–Kier alpha value is -4.60. The first-order valence-corrected chi connectivity index (χ1v) is 13.9. The van der Waals surface area contributed by atoms with Crippen molar-refractivity contribution in [1.29, 1.82) is 0 Å². The topological polar surface area (TPSA) is 132 Å². The van der Waals surface area contributed by atoms with Crippen LogP contribution in [0, 0.1) is 17.8 Å². The van der Waals surface area contributed by atoms with Crippen molar-refractivity contribution in [3.05, 3.63) is 101 Å². The lowest BCUT2D eigenvalue weighted by Crippen LogP contribution is -2.40. The van der Waals surface area contributed by atoms with Crippen LogP contribution in [0.15, 0.2) is 95.1 Å². The number of fused-ring (bicyclic) bond motifs is 4. The van der Waals surface area contributed by atoms with Gasteiger partial charge in [0.25, 0.3) is 0 Å². The minimum Gasteiger partial charge on any atom is -0.507 e. The molecule has 4 atom stereocenters. The van der Waals surface area contributed by atoms with E-state index in [1.54, 1.807) is 31.2 Å². The van der Waals surface area contributed by atoms with Crippen LogP contribution in [0.1, 0.15) is 31.2 Å². The number of phenolic OH excluding ortho intramolecular Hbond substituents is 1. The molecule has 2 amide bonds. The molecule has 0 aromatic heterocycles. The number of hydrogen-bond acceptors (Lipinski definition) is 7. The second-order valence-corrected chi connectivity index (χ2v) is 11.4. The standard InChI is InChI=1S/C33H26BNO7/c1-16-13-26(36)25-15-24-21(27(29(25)30(16)37)22-10-9-17-5-2-3-8-20(17)31(22)38)11-12-23-28(24)33(40)35(32(23)39)19-7-4-6-18(14-19)34(41)42/h2-11,13-14,23-24,27-28,38,41-42H,12,15H2,1H3. The van der Waals surface area contributed by atoms with Gasteiger partial charge in [-0.3, -0.25) is 24.1 Å². The lowest BCUT2D eigenvalue weighted by molar-refractivity contribution is -0.123. The second-order valence-electron chi connectivity index (χ2n) is 11.4. The van der Waals surface area contributed by atoms with Crippen molar-refractivity contribution < 1.29 is 34.3 Å². The number of ketones is 2. The number of Topliss-reactive ketones (excluding diaryl/α,β-unsaturated/α-hetero) is 1. The number of phenols is 1. The minimum absolute atomic E-state index is 0.0101. The predicted octanol–water partition coefficient (Wildman–Crippen LogP) is 2.86. The van der Waals surface area contributed by atoms with Gasteiger partial charge in [-0.05, 0) is 54.7 Å². The summed E-state index contributed by atoms with van der Waals surface area (Å²) in [7, 11) is -1.77. The van der Waals surface area contributed by atoms with Crippen molar-refractivity contribution in [2.75, 3.05) is 4.90 Å². The van der Waals surface area contributed by atoms with E-state index in [-0.39, 0.29) is 41.3 Å². The Morgan fingerprint density at radius 1 is 0.905 bits per heavy atom. The molecule has 9 heteroatoms. The number of nitrogens with zero attached hydrogens (tertiary/aromatic N) is 1. The molecule has 3 aliphatic carbocycles. The average molecular weight is 559 g/mol. The van der Waals surface area contributed by atoms with Gasteiger partial charge in [0.2, 0.25) is 11.8 Å². The molecule has 4 aliphatic rings. The van der Waals surface area contributed by atoms with Crippen molar-refractivity contribution in [1.82, 2.24) is 0 Å². The molecule has 3 aromatic carbocycles. The van der Waals surface area contributed by atoms with E-state index in [0.717, 1.165) is 15.9 Å². The Morgan fingerprint density at radius 3 is 2.48 bits per heavy atom. The molecular weight excluding hydrogens is 533 g/mol. The van der Waals surface area contributed by atoms with E-state index < -0.39 is 42.6 Å². The van der Waals surface area contributed by atoms with Crippen molar-refractivity contribution in [2.24, 2.45) is 17.8 Å². The zero-order chi connectivity index (χ0) is 29.4. The van der Waals surface area contributed by atoms with Gasteiger partial charge in [0.15, 0.2) is 11.6 Å². The molecule has 1 saturated heterocycles. The highest BCUT2D eigenvalue weighted by Crippen LogP contribution is 2.56. The van der Waals surface area contributed by atoms with E-state index in [0.29, 0.717) is 27.7 Å². The number of benzene rings is 3. The Morgan fingerprint density at radius 2 is 1.69 bits per heavy atom. The van der Waals surface area contributed by atoms with Crippen LogP contribution in [0.3, 0.4) is 0 Å². The smallest absolute Gasteiger partial charge is 0.488 e. The molecule has 3 N–H and O–H groups in total. The van der Waals surface area contributed by atoms with Gasteiger partial charge < -0.3 is 15.2 Å². The van der Waals surface area contributed by atoms with Crippen LogP contribution in [0.2, 0.25) is 0 Å². The summed E-state index contributed by atoms with van der Waals surface area (Å²) in [5.41, 5.74) is 2.58. The fourth-order valence-electron chi connectivity index (χ4n) is 7.30. The first-order chi connectivity index (χ1) is 20.2. The van der Waals surface area contributed by atoms with E-state index in [1.165, 1.54) is 18.2 Å². The zero-order valence-electron chi connectivity index (χ0n) is 22.7. The maximum Gasteiger partial charge on any atom is 0.488 e. The third-order valence-electron chi connectivity index (χ3n) is 9.23. The quantitative estimate of drug-likeness (QED) is 0.195. The Labute approximate surface area is 241 Å². The molecule has 7 rings (SSSR count). The Bertz CT molecular complexity index is 1850. The van der Waals surface area contributed by atoms with Crippen molar-refractivity contribution in [3.63, 3.8) is 0 Å². The van der Waals surface area contributed by atoms with Crippen LogP contribution in [0.4, 0.5) is 5.69 Å². The lowest BCUT2D eigenvalue weighted by atomic mass is 9.59. The predicted molar refractivity (Wildman–Crippen MR) is 156 cm³/mol. The normalized spacial score (nSPS) is 25.3. The summed E-state index contributed by atoms with van der Waals surface area (Å²) >= 11 is 0. The third kappa shape index (κ3) is 3.70. The first kappa shape index (κ1) is 26.3. The summed E-state index contributed by atoms with van der Waals surface area (Å²) in [5, 5.41) is 32.3. The lowest BCUT2D eigenvalue weighted by Gasteiger charge is -2.42. The van der Waals surface area contributed by atoms with Crippen LogP contribution < -0.4 is 10.4 Å². The number of carbonyl (C=O) groups is 4. The van der Waals surface area contributed by atoms with E-state index >= 15 is 0 Å². The van der Waals surface area contributed by atoms with Crippen molar-refractivity contribution in [2.45, 2.75) is 25.7 Å². The Balaban J connectivity index is 1.38. The molecule has 0 bridgehead atoms. The Kier molecular flexibility index (Phi) is 5.94. The summed E-state index contributed by atoms with van der Waals surface area (Å²) < 4.78 is 0. The van der Waals surface area contributed by atoms with Crippen molar-refractivity contribution in [3.8, 4) is 5.75 Å². The highest BCUT2D eigenvalue weighted by atomic mass is 16.4. The molecule has 208 valence electrons. The average Bonchev–Trinajstić information content (AvgIpc) is 3.25. The molecule has 42 heavy (non-hydrogen) atoms. The summed E-state index contributed by atoms with van der Waals surface area (Å²) in [6.07, 6.45) is 3.62. The van der Waals surface area contributed by atoms with Crippen LogP contribution in [-0.2, 0) is 19.2 Å². The number of rotatable bonds is 3. The van der Waals surface area contributed by atoms with Crippen LogP contribution >= 0.6 is 0 Å². The van der Waals surface area contributed by atoms with E-state index in [1.807, 2.05) is 30.3 Å². The molecule has 1 fully saturated rings. The molecule has 3 aromatic rings. The fourth-order valence-corrected chi connectivity index (χ4v) is 7.30. The van der Waals surface area contributed by atoms with Gasteiger partial charge in [-0.15, -0.1) is 0 Å². The summed E-state index contributed by atoms with van der Waals surface area (Å²) in [6, 6.07) is 17.0. The SMILES string of the molecule is CC1=CC(=O)C2=C(C1=O)C(c1ccc3ccccc3c1O)C1=CCC3C(=O)N(c4cccc(B(O)O)c4)C(=O)C3C1C2. The van der Waals surface area contributed by atoms with Gasteiger partial charge in [0.05, 0.1) is 17.5 Å². The van der Waals surface area contributed by atoms with Gasteiger partial charge in [-0.25, -0.2) is 0 Å². The van der Waals surface area contributed by atoms with Crippen LogP contribution in [0.5, 0.6) is 5.75 Å². The highest BCUT2D eigenvalue weighted by molar-refractivity contribution is 6.58. The number of carbonyl (C=O) groups excluding carboxylic acids is 4. The summed E-state index contributed by atoms with van der Waals surface area (Å²) in [6.45, 7) is 1.60. The first-order valence-electron chi connectivity index (χ1n) is 13.9. The largest absolute Gasteiger partial charge is 0.507 e. The number of allylic oxidation sites excluding steroid dienone is 6. The third-order valence-corrected chi connectivity index (χ3v) is 9.23. The number of anilines is 1. The minimum atomic E-state index is -1.77. The number of aromatic hydroxyl groups is 1. The molecule has 4 unspecified atom stereocenters. The van der Waals surface area contributed by atoms with Gasteiger partial charge in [0, 0.05) is 33.6 Å². The number of imide groups is 1. The molecule has 0 saturated carbocycles. The van der Waals surface area contributed by atoms with E-state index in [2.05, 4.69) is 0 Å². The van der Waals surface area contributed by atoms with Crippen molar-refractivity contribution >= 4 is 52.4 Å². The molecular formula is C33H26BNO7. The second kappa shape index (κ2) is 9.47. The van der Waals surface area contributed by atoms with Crippen LogP contribution in [-0.4, -0.2) is 45.7 Å². The van der Waals surface area contributed by atoms with Gasteiger partial charge in [-0.2, -0.15) is 0 Å². The zero-order valence-corrected chi connectivity index (χ0v) is 22.7. The molecule has 0 spiro atoms. The molecule has 1 aliphatic heterocycles. The number of hydrogen-bond donors (Lipinski definition) is 3. The van der Waals surface area contributed by atoms with Gasteiger partial charge >= 0.3 is 7.12 Å². The molecule has 0 radical (unpaired) electrons. The van der Waals surface area contributed by atoms with Gasteiger partial charge in [-0.1, -0.05) is 60.2 Å². The summed E-state index contributed by atoms with van der Waals surface area (Å²) in [5.74, 6) is -4.14. The maximum atomic E-state index is 14.1. The molecule has 1 heterocycles. The number of amides is 2. The van der Waals surface area contributed by atoms with E-state index in [9.17, 15) is 34.3 Å². The van der Waals surface area contributed by atoms with Gasteiger partial charge in [0.1, 0.15) is 5.75 Å². The maximum absolute atomic E-state index is 14.1. The highest BCUT2D eigenvalue weighted by Gasteiger charge is 2.57. The van der Waals surface area contributed by atoms with E-state index in [4.69, 9.17) is 0 Å².